The Morgan fingerprint density at radius 2 is 2.20 bits per heavy atom. The molecule has 0 amide bonds. The van der Waals surface area contributed by atoms with Crippen molar-refractivity contribution in [3.05, 3.63) is 35.4 Å². The second-order valence-corrected chi connectivity index (χ2v) is 4.60. The quantitative estimate of drug-likeness (QED) is 0.793. The first-order valence-corrected chi connectivity index (χ1v) is 6.08. The van der Waals surface area contributed by atoms with E-state index in [4.69, 9.17) is 0 Å². The standard InChI is InChI=1S/C14H21N/c1-3-11-5-4-6-12(9-11)14-8-7-13(14)10-15-2/h4-6,9,13-15H,3,7-8,10H2,1-2H3. The van der Waals surface area contributed by atoms with E-state index >= 15 is 0 Å². The third-order valence-electron chi connectivity index (χ3n) is 3.67. The fourth-order valence-corrected chi connectivity index (χ4v) is 2.56. The minimum atomic E-state index is 0.809. The van der Waals surface area contributed by atoms with Crippen LogP contribution >= 0.6 is 0 Å². The Labute approximate surface area is 92.9 Å². The predicted octanol–water partition coefficient (Wildman–Crippen LogP) is 2.96. The van der Waals surface area contributed by atoms with Gasteiger partial charge >= 0.3 is 0 Å². The van der Waals surface area contributed by atoms with Gasteiger partial charge in [-0.25, -0.2) is 0 Å². The van der Waals surface area contributed by atoms with E-state index in [0.29, 0.717) is 0 Å². The average molecular weight is 203 g/mol. The Morgan fingerprint density at radius 3 is 2.80 bits per heavy atom. The zero-order valence-electron chi connectivity index (χ0n) is 9.79. The molecule has 2 rings (SSSR count). The minimum Gasteiger partial charge on any atom is -0.319 e. The summed E-state index contributed by atoms with van der Waals surface area (Å²) in [5.41, 5.74) is 3.03. The zero-order valence-corrected chi connectivity index (χ0v) is 9.79. The summed E-state index contributed by atoms with van der Waals surface area (Å²) in [7, 11) is 2.05. The molecule has 2 atom stereocenters. The second-order valence-electron chi connectivity index (χ2n) is 4.60. The smallest absolute Gasteiger partial charge is 0.00177 e. The SMILES string of the molecule is CCc1cccc(C2CCC2CNC)c1. The first-order chi connectivity index (χ1) is 7.35. The Kier molecular flexibility index (Phi) is 3.42. The highest BCUT2D eigenvalue weighted by Gasteiger charge is 2.31. The van der Waals surface area contributed by atoms with Crippen molar-refractivity contribution in [1.29, 1.82) is 0 Å². The molecule has 0 saturated heterocycles. The molecular weight excluding hydrogens is 182 g/mol. The summed E-state index contributed by atoms with van der Waals surface area (Å²) in [6.45, 7) is 3.39. The molecule has 1 aliphatic carbocycles. The number of aryl methyl sites for hydroxylation is 1. The van der Waals surface area contributed by atoms with Gasteiger partial charge in [-0.2, -0.15) is 0 Å². The van der Waals surface area contributed by atoms with Gasteiger partial charge in [0.25, 0.3) is 0 Å². The maximum Gasteiger partial charge on any atom is -0.00177 e. The molecule has 1 N–H and O–H groups in total. The number of benzene rings is 1. The first-order valence-electron chi connectivity index (χ1n) is 6.08. The predicted molar refractivity (Wildman–Crippen MR) is 65.2 cm³/mol. The van der Waals surface area contributed by atoms with Crippen LogP contribution in [0.1, 0.15) is 36.8 Å². The molecule has 2 unspecified atom stereocenters. The number of rotatable bonds is 4. The summed E-state index contributed by atoms with van der Waals surface area (Å²) in [5, 5.41) is 3.30. The van der Waals surface area contributed by atoms with Crippen LogP contribution in [0.3, 0.4) is 0 Å². The average Bonchev–Trinajstić information content (AvgIpc) is 2.25. The maximum absolute atomic E-state index is 3.30. The Bertz CT molecular complexity index is 319. The number of nitrogens with one attached hydrogen (secondary N) is 1. The molecule has 1 saturated carbocycles. The lowest BCUT2D eigenvalue weighted by Crippen LogP contribution is -2.32. The number of hydrogen-bond acceptors (Lipinski definition) is 1. The third-order valence-corrected chi connectivity index (χ3v) is 3.67. The van der Waals surface area contributed by atoms with E-state index in [0.717, 1.165) is 18.3 Å². The number of hydrogen-bond donors (Lipinski definition) is 1. The third kappa shape index (κ3) is 2.23. The summed E-state index contributed by atoms with van der Waals surface area (Å²) in [4.78, 5) is 0. The lowest BCUT2D eigenvalue weighted by molar-refractivity contribution is 0.250. The van der Waals surface area contributed by atoms with E-state index in [-0.39, 0.29) is 0 Å². The molecule has 0 aliphatic heterocycles. The Morgan fingerprint density at radius 1 is 1.33 bits per heavy atom. The van der Waals surface area contributed by atoms with Crippen LogP contribution in [-0.2, 0) is 6.42 Å². The molecule has 1 aliphatic rings. The van der Waals surface area contributed by atoms with Gasteiger partial charge < -0.3 is 5.32 Å². The highest BCUT2D eigenvalue weighted by Crippen LogP contribution is 2.42. The molecular formula is C14H21N. The van der Waals surface area contributed by atoms with Gasteiger partial charge in [0.15, 0.2) is 0 Å². The highest BCUT2D eigenvalue weighted by atomic mass is 14.8. The van der Waals surface area contributed by atoms with Gasteiger partial charge in [-0.15, -0.1) is 0 Å². The fraction of sp³-hybridized carbons (Fsp3) is 0.571. The normalized spacial score (nSPS) is 24.9. The largest absolute Gasteiger partial charge is 0.319 e. The Balaban J connectivity index is 2.08. The van der Waals surface area contributed by atoms with E-state index in [1.807, 2.05) is 0 Å². The molecule has 0 heterocycles. The molecule has 0 radical (unpaired) electrons. The summed E-state index contributed by atoms with van der Waals surface area (Å²) in [6, 6.07) is 9.14. The van der Waals surface area contributed by atoms with Crippen LogP contribution in [0.4, 0.5) is 0 Å². The van der Waals surface area contributed by atoms with Gasteiger partial charge in [-0.1, -0.05) is 31.2 Å². The van der Waals surface area contributed by atoms with Gasteiger partial charge in [0.05, 0.1) is 0 Å². The molecule has 82 valence electrons. The van der Waals surface area contributed by atoms with E-state index in [1.165, 1.54) is 24.9 Å². The minimum absolute atomic E-state index is 0.809. The van der Waals surface area contributed by atoms with Crippen LogP contribution < -0.4 is 5.32 Å². The van der Waals surface area contributed by atoms with Crippen molar-refractivity contribution in [2.75, 3.05) is 13.6 Å². The molecule has 15 heavy (non-hydrogen) atoms. The second kappa shape index (κ2) is 4.80. The van der Waals surface area contributed by atoms with Gasteiger partial charge in [0, 0.05) is 0 Å². The van der Waals surface area contributed by atoms with Crippen molar-refractivity contribution >= 4 is 0 Å². The van der Waals surface area contributed by atoms with Crippen molar-refractivity contribution in [3.8, 4) is 0 Å². The topological polar surface area (TPSA) is 12.0 Å². The van der Waals surface area contributed by atoms with Gasteiger partial charge in [-0.05, 0) is 55.8 Å². The van der Waals surface area contributed by atoms with Crippen LogP contribution in [0.25, 0.3) is 0 Å². The zero-order chi connectivity index (χ0) is 10.7. The summed E-state index contributed by atoms with van der Waals surface area (Å²) in [6.07, 6.45) is 3.92. The summed E-state index contributed by atoms with van der Waals surface area (Å²) < 4.78 is 0. The highest BCUT2D eigenvalue weighted by molar-refractivity contribution is 5.28. The van der Waals surface area contributed by atoms with Crippen molar-refractivity contribution < 1.29 is 0 Å². The van der Waals surface area contributed by atoms with Crippen LogP contribution in [0.15, 0.2) is 24.3 Å². The molecule has 0 aromatic heterocycles. The molecule has 1 nitrogen and oxygen atoms in total. The first kappa shape index (κ1) is 10.7. The molecule has 1 aromatic rings. The summed E-state index contributed by atoms with van der Waals surface area (Å²) in [5.74, 6) is 1.67. The van der Waals surface area contributed by atoms with Crippen molar-refractivity contribution in [2.45, 2.75) is 32.1 Å². The molecule has 1 fully saturated rings. The monoisotopic (exact) mass is 203 g/mol. The molecule has 0 bridgehead atoms. The maximum atomic E-state index is 3.30. The van der Waals surface area contributed by atoms with Crippen LogP contribution in [0.2, 0.25) is 0 Å². The van der Waals surface area contributed by atoms with Crippen LogP contribution in [0, 0.1) is 5.92 Å². The molecule has 0 spiro atoms. The summed E-state index contributed by atoms with van der Waals surface area (Å²) >= 11 is 0. The molecule has 1 aromatic carbocycles. The van der Waals surface area contributed by atoms with E-state index in [2.05, 4.69) is 43.6 Å². The van der Waals surface area contributed by atoms with E-state index < -0.39 is 0 Å². The van der Waals surface area contributed by atoms with Gasteiger partial charge in [-0.3, -0.25) is 0 Å². The lowest BCUT2D eigenvalue weighted by Gasteiger charge is -2.37. The molecule has 1 heteroatoms. The van der Waals surface area contributed by atoms with Crippen molar-refractivity contribution in [3.63, 3.8) is 0 Å². The van der Waals surface area contributed by atoms with E-state index in [9.17, 15) is 0 Å². The van der Waals surface area contributed by atoms with Crippen LogP contribution in [-0.4, -0.2) is 13.6 Å². The van der Waals surface area contributed by atoms with Gasteiger partial charge in [0.1, 0.15) is 0 Å². The van der Waals surface area contributed by atoms with Crippen molar-refractivity contribution in [2.24, 2.45) is 5.92 Å². The fourth-order valence-electron chi connectivity index (χ4n) is 2.56. The Hall–Kier alpha value is -0.820. The van der Waals surface area contributed by atoms with Crippen molar-refractivity contribution in [1.82, 2.24) is 5.32 Å². The van der Waals surface area contributed by atoms with Gasteiger partial charge in [0.2, 0.25) is 0 Å². The van der Waals surface area contributed by atoms with E-state index in [1.54, 1.807) is 5.56 Å². The lowest BCUT2D eigenvalue weighted by atomic mass is 9.70. The van der Waals surface area contributed by atoms with Crippen LogP contribution in [0.5, 0.6) is 0 Å².